The molecule has 148 valence electrons. The van der Waals surface area contributed by atoms with Crippen LogP contribution in [0.4, 0.5) is 0 Å². The molecule has 3 rings (SSSR count). The van der Waals surface area contributed by atoms with E-state index in [2.05, 4.69) is 65.5 Å². The van der Waals surface area contributed by atoms with Crippen LogP contribution in [0, 0.1) is 6.92 Å². The molecule has 1 aromatic carbocycles. The predicted molar refractivity (Wildman–Crippen MR) is 124 cm³/mol. The smallest absolute Gasteiger partial charge is 0.194 e. The van der Waals surface area contributed by atoms with Gasteiger partial charge < -0.3 is 10.2 Å². The average Bonchev–Trinajstić information content (AvgIpc) is 3.22. The monoisotopic (exact) mass is 490 g/mol. The van der Waals surface area contributed by atoms with E-state index < -0.39 is 0 Å². The Labute approximate surface area is 183 Å². The van der Waals surface area contributed by atoms with E-state index in [0.717, 1.165) is 30.4 Å². The van der Waals surface area contributed by atoms with Gasteiger partial charge in [-0.15, -0.1) is 24.0 Å². The Kier molecular flexibility index (Phi) is 8.43. The Hall–Kier alpha value is -2.42. The molecule has 0 aliphatic rings. The first-order valence-corrected chi connectivity index (χ1v) is 9.16. The molecule has 0 bridgehead atoms. The van der Waals surface area contributed by atoms with E-state index in [0.29, 0.717) is 6.54 Å². The normalized spacial score (nSPS) is 11.0. The van der Waals surface area contributed by atoms with Crippen LogP contribution in [0.25, 0.3) is 5.82 Å². The highest BCUT2D eigenvalue weighted by Gasteiger charge is 2.08. The molecule has 0 amide bonds. The molecule has 0 aliphatic carbocycles. The van der Waals surface area contributed by atoms with Gasteiger partial charge in [-0.1, -0.05) is 24.3 Å². The summed E-state index contributed by atoms with van der Waals surface area (Å²) in [6.07, 6.45) is 5.43. The number of benzene rings is 1. The van der Waals surface area contributed by atoms with Crippen molar-refractivity contribution in [2.45, 2.75) is 26.9 Å². The SMILES string of the molecule is CCNC(=NCc1ccnc(-n2cccn2)c1)N(C)Cc1ccccc1C.I. The van der Waals surface area contributed by atoms with Crippen LogP contribution in [0.3, 0.4) is 0 Å². The molecule has 28 heavy (non-hydrogen) atoms. The third-order valence-electron chi connectivity index (χ3n) is 4.33. The molecule has 7 heteroatoms. The topological polar surface area (TPSA) is 58.3 Å². The molecule has 6 nitrogen and oxygen atoms in total. The number of hydrogen-bond donors (Lipinski definition) is 1. The standard InChI is InChI=1S/C21H26N6.HI/c1-4-22-21(26(3)16-19-9-6-5-8-17(19)2)24-15-18-10-12-23-20(14-18)27-13-7-11-25-27;/h5-14H,4,15-16H2,1-3H3,(H,22,24);1H. The number of aliphatic imine (C=N–C) groups is 1. The molecule has 1 N–H and O–H groups in total. The summed E-state index contributed by atoms with van der Waals surface area (Å²) in [5.74, 6) is 1.68. The average molecular weight is 490 g/mol. The number of pyridine rings is 1. The van der Waals surface area contributed by atoms with Crippen molar-refractivity contribution >= 4 is 29.9 Å². The van der Waals surface area contributed by atoms with Crippen LogP contribution < -0.4 is 5.32 Å². The van der Waals surface area contributed by atoms with E-state index >= 15 is 0 Å². The van der Waals surface area contributed by atoms with Gasteiger partial charge >= 0.3 is 0 Å². The molecule has 0 saturated heterocycles. The fourth-order valence-electron chi connectivity index (χ4n) is 2.84. The van der Waals surface area contributed by atoms with Crippen LogP contribution in [0.2, 0.25) is 0 Å². The highest BCUT2D eigenvalue weighted by atomic mass is 127. The fourth-order valence-corrected chi connectivity index (χ4v) is 2.84. The Bertz CT molecular complexity index is 891. The van der Waals surface area contributed by atoms with Crippen molar-refractivity contribution in [2.24, 2.45) is 4.99 Å². The first-order chi connectivity index (χ1) is 13.2. The minimum absolute atomic E-state index is 0. The molecule has 3 aromatic rings. The van der Waals surface area contributed by atoms with Gasteiger partial charge in [0.2, 0.25) is 0 Å². The number of hydrogen-bond acceptors (Lipinski definition) is 3. The van der Waals surface area contributed by atoms with Crippen molar-refractivity contribution in [3.05, 3.63) is 77.7 Å². The Morgan fingerprint density at radius 2 is 2.00 bits per heavy atom. The summed E-state index contributed by atoms with van der Waals surface area (Å²) in [5.41, 5.74) is 3.68. The molecule has 2 heterocycles. The quantitative estimate of drug-likeness (QED) is 0.325. The van der Waals surface area contributed by atoms with E-state index in [9.17, 15) is 0 Å². The van der Waals surface area contributed by atoms with Gasteiger partial charge in [0.1, 0.15) is 0 Å². The van der Waals surface area contributed by atoms with Crippen LogP contribution in [0.5, 0.6) is 0 Å². The molecule has 0 atom stereocenters. The Morgan fingerprint density at radius 3 is 2.71 bits per heavy atom. The maximum absolute atomic E-state index is 4.81. The van der Waals surface area contributed by atoms with E-state index in [1.165, 1.54) is 11.1 Å². The lowest BCUT2D eigenvalue weighted by Gasteiger charge is -2.23. The molecule has 0 unspecified atom stereocenters. The van der Waals surface area contributed by atoms with Gasteiger partial charge in [-0.25, -0.2) is 14.7 Å². The maximum Gasteiger partial charge on any atom is 0.194 e. The molecule has 0 radical (unpaired) electrons. The van der Waals surface area contributed by atoms with Crippen molar-refractivity contribution in [2.75, 3.05) is 13.6 Å². The number of aromatic nitrogens is 3. The summed E-state index contributed by atoms with van der Waals surface area (Å²) < 4.78 is 1.75. The second kappa shape index (κ2) is 10.8. The zero-order valence-electron chi connectivity index (χ0n) is 16.5. The van der Waals surface area contributed by atoms with Crippen LogP contribution in [0.15, 0.2) is 66.0 Å². The van der Waals surface area contributed by atoms with Gasteiger partial charge in [-0.3, -0.25) is 0 Å². The Morgan fingerprint density at radius 1 is 1.18 bits per heavy atom. The molecule has 0 aliphatic heterocycles. The third-order valence-corrected chi connectivity index (χ3v) is 4.33. The lowest BCUT2D eigenvalue weighted by atomic mass is 10.1. The molecular formula is C21H27IN6. The summed E-state index contributed by atoms with van der Waals surface area (Å²) in [5, 5.41) is 7.61. The van der Waals surface area contributed by atoms with Gasteiger partial charge in [0.25, 0.3) is 0 Å². The van der Waals surface area contributed by atoms with E-state index in [4.69, 9.17) is 4.99 Å². The molecule has 0 spiro atoms. The maximum atomic E-state index is 4.81. The van der Waals surface area contributed by atoms with Crippen molar-refractivity contribution < 1.29 is 0 Å². The van der Waals surface area contributed by atoms with Crippen molar-refractivity contribution in [3.8, 4) is 5.82 Å². The van der Waals surface area contributed by atoms with Crippen LogP contribution in [-0.2, 0) is 13.1 Å². The van der Waals surface area contributed by atoms with Gasteiger partial charge in [0.05, 0.1) is 6.54 Å². The summed E-state index contributed by atoms with van der Waals surface area (Å²) in [6.45, 7) is 6.44. The number of rotatable bonds is 6. The number of halogens is 1. The molecular weight excluding hydrogens is 463 g/mol. The third kappa shape index (κ3) is 5.79. The largest absolute Gasteiger partial charge is 0.357 e. The van der Waals surface area contributed by atoms with E-state index in [-0.39, 0.29) is 24.0 Å². The van der Waals surface area contributed by atoms with E-state index in [1.807, 2.05) is 24.4 Å². The van der Waals surface area contributed by atoms with Gasteiger partial charge in [-0.05, 0) is 48.7 Å². The summed E-state index contributed by atoms with van der Waals surface area (Å²) in [7, 11) is 2.07. The lowest BCUT2D eigenvalue weighted by molar-refractivity contribution is 0.475. The van der Waals surface area contributed by atoms with Crippen LogP contribution in [0.1, 0.15) is 23.6 Å². The highest BCUT2D eigenvalue weighted by Crippen LogP contribution is 2.11. The summed E-state index contributed by atoms with van der Waals surface area (Å²) >= 11 is 0. The van der Waals surface area contributed by atoms with Crippen LogP contribution in [-0.4, -0.2) is 39.2 Å². The number of aryl methyl sites for hydroxylation is 1. The van der Waals surface area contributed by atoms with Gasteiger partial charge in [0, 0.05) is 38.7 Å². The summed E-state index contributed by atoms with van der Waals surface area (Å²) in [4.78, 5) is 11.3. The van der Waals surface area contributed by atoms with Crippen LogP contribution >= 0.6 is 24.0 Å². The first-order valence-electron chi connectivity index (χ1n) is 9.16. The number of nitrogens with one attached hydrogen (secondary N) is 1. The van der Waals surface area contributed by atoms with Crippen molar-refractivity contribution in [1.82, 2.24) is 25.0 Å². The second-order valence-electron chi connectivity index (χ2n) is 6.43. The zero-order valence-corrected chi connectivity index (χ0v) is 18.9. The minimum Gasteiger partial charge on any atom is -0.357 e. The van der Waals surface area contributed by atoms with Crippen molar-refractivity contribution in [3.63, 3.8) is 0 Å². The van der Waals surface area contributed by atoms with E-state index in [1.54, 1.807) is 17.1 Å². The van der Waals surface area contributed by atoms with Crippen molar-refractivity contribution in [1.29, 1.82) is 0 Å². The molecule has 2 aromatic heterocycles. The van der Waals surface area contributed by atoms with Gasteiger partial charge in [-0.2, -0.15) is 5.10 Å². The summed E-state index contributed by atoms with van der Waals surface area (Å²) in [6, 6.07) is 14.3. The Balaban J connectivity index is 0.00000280. The number of nitrogens with zero attached hydrogens (tertiary/aromatic N) is 5. The number of guanidine groups is 1. The first kappa shape index (κ1) is 21.9. The lowest BCUT2D eigenvalue weighted by Crippen LogP contribution is -2.38. The minimum atomic E-state index is 0. The zero-order chi connectivity index (χ0) is 19.1. The predicted octanol–water partition coefficient (Wildman–Crippen LogP) is 3.79. The fraction of sp³-hybridized carbons (Fsp3) is 0.286. The molecule has 0 saturated carbocycles. The van der Waals surface area contributed by atoms with Gasteiger partial charge in [0.15, 0.2) is 11.8 Å². The second-order valence-corrected chi connectivity index (χ2v) is 6.43. The highest BCUT2D eigenvalue weighted by molar-refractivity contribution is 14.0. The molecule has 0 fully saturated rings.